The lowest BCUT2D eigenvalue weighted by Crippen LogP contribution is -2.38. The number of carboxylic acids is 1. The molecule has 22 heavy (non-hydrogen) atoms. The molecule has 0 aliphatic rings. The zero-order valence-corrected chi connectivity index (χ0v) is 12.5. The molecule has 1 aromatic carbocycles. The summed E-state index contributed by atoms with van der Waals surface area (Å²) in [6.07, 6.45) is 3.27. The monoisotopic (exact) mass is 324 g/mol. The Balaban J connectivity index is 2.05. The van der Waals surface area contributed by atoms with Crippen LogP contribution in [0.1, 0.15) is 5.56 Å². The number of fused-ring (bicyclic) bond motifs is 1. The number of hydrogen-bond donors (Lipinski definition) is 5. The van der Waals surface area contributed by atoms with Crippen LogP contribution in [0.4, 0.5) is 0 Å². The summed E-state index contributed by atoms with van der Waals surface area (Å²) in [6, 6.07) is 6.74. The minimum Gasteiger partial charge on any atom is -0.480 e. The van der Waals surface area contributed by atoms with Crippen LogP contribution in [0, 0.1) is 0 Å². The standard InChI is InChI=1S/C14H17N2O5P/c17-14(18)13(15-6-3-7-22(19,20)21)8-10-9-16-12-5-2-1-4-11(10)12/h1-5,7,9,13,15-16H,6,8H2,(H,17,18)(H2,19,20,21)/t13-/m0/s1. The van der Waals surface area contributed by atoms with Gasteiger partial charge in [0.05, 0.1) is 0 Å². The molecule has 2 aromatic rings. The van der Waals surface area contributed by atoms with Crippen LogP contribution in [0.15, 0.2) is 42.4 Å². The van der Waals surface area contributed by atoms with Crippen molar-refractivity contribution in [2.24, 2.45) is 0 Å². The van der Waals surface area contributed by atoms with Gasteiger partial charge in [-0.2, -0.15) is 0 Å². The molecule has 1 aromatic heterocycles. The van der Waals surface area contributed by atoms with Crippen LogP contribution < -0.4 is 5.32 Å². The number of nitrogens with one attached hydrogen (secondary N) is 2. The van der Waals surface area contributed by atoms with E-state index in [9.17, 15) is 14.5 Å². The summed E-state index contributed by atoms with van der Waals surface area (Å²) in [6.45, 7) is 0.0600. The van der Waals surface area contributed by atoms with Crippen LogP contribution in [0.3, 0.4) is 0 Å². The van der Waals surface area contributed by atoms with Crippen LogP contribution in [0.5, 0.6) is 0 Å². The van der Waals surface area contributed by atoms with Gasteiger partial charge in [-0.15, -0.1) is 0 Å². The lowest BCUT2D eigenvalue weighted by atomic mass is 10.1. The number of hydrogen-bond acceptors (Lipinski definition) is 3. The highest BCUT2D eigenvalue weighted by Crippen LogP contribution is 2.35. The summed E-state index contributed by atoms with van der Waals surface area (Å²) in [5, 5.41) is 13.0. The SMILES string of the molecule is O=C(O)[C@H](Cc1c[nH]c2ccccc12)NCC=CP(=O)(O)O. The summed E-state index contributed by atoms with van der Waals surface area (Å²) >= 11 is 0. The summed E-state index contributed by atoms with van der Waals surface area (Å²) in [7, 11) is -4.21. The van der Waals surface area contributed by atoms with E-state index in [2.05, 4.69) is 10.3 Å². The van der Waals surface area contributed by atoms with Crippen molar-refractivity contribution in [1.82, 2.24) is 10.3 Å². The van der Waals surface area contributed by atoms with E-state index in [4.69, 9.17) is 9.79 Å². The van der Waals surface area contributed by atoms with E-state index in [1.807, 2.05) is 24.3 Å². The molecule has 118 valence electrons. The van der Waals surface area contributed by atoms with Gasteiger partial charge in [-0.05, 0) is 11.6 Å². The second-order valence-corrected chi connectivity index (χ2v) is 6.31. The van der Waals surface area contributed by atoms with Gasteiger partial charge in [0.25, 0.3) is 0 Å². The number of carbonyl (C=O) groups is 1. The second-order valence-electron chi connectivity index (χ2n) is 4.84. The maximum atomic E-state index is 11.3. The lowest BCUT2D eigenvalue weighted by Gasteiger charge is -2.12. The Morgan fingerprint density at radius 2 is 2.09 bits per heavy atom. The van der Waals surface area contributed by atoms with E-state index in [0.29, 0.717) is 0 Å². The molecule has 0 saturated heterocycles. The number of rotatable bonds is 7. The van der Waals surface area contributed by atoms with Crippen molar-refractivity contribution in [3.05, 3.63) is 47.9 Å². The van der Waals surface area contributed by atoms with Gasteiger partial charge in [-0.3, -0.25) is 9.36 Å². The van der Waals surface area contributed by atoms with Gasteiger partial charge in [0.2, 0.25) is 0 Å². The molecule has 0 unspecified atom stereocenters. The molecule has 1 heterocycles. The number of benzene rings is 1. The molecule has 0 aliphatic carbocycles. The number of para-hydroxylation sites is 1. The third kappa shape index (κ3) is 4.54. The molecule has 0 amide bonds. The number of carboxylic acid groups (broad SMARTS) is 1. The van der Waals surface area contributed by atoms with E-state index >= 15 is 0 Å². The zero-order chi connectivity index (χ0) is 16.2. The molecule has 7 nitrogen and oxygen atoms in total. The van der Waals surface area contributed by atoms with Crippen LogP contribution in [-0.4, -0.2) is 38.4 Å². The minimum absolute atomic E-state index is 0.0600. The first kappa shape index (κ1) is 16.5. The zero-order valence-electron chi connectivity index (χ0n) is 11.6. The molecule has 8 heteroatoms. The Labute approximate surface area is 126 Å². The minimum atomic E-state index is -4.21. The number of aromatic nitrogens is 1. The highest BCUT2D eigenvalue weighted by atomic mass is 31.2. The Hall–Kier alpha value is -1.92. The van der Waals surface area contributed by atoms with Gasteiger partial charge in [-0.1, -0.05) is 24.3 Å². The first-order valence-corrected chi connectivity index (χ1v) is 8.29. The fourth-order valence-corrected chi connectivity index (χ4v) is 2.55. The van der Waals surface area contributed by atoms with Crippen molar-refractivity contribution in [2.45, 2.75) is 12.5 Å². The van der Waals surface area contributed by atoms with Crippen LogP contribution in [-0.2, 0) is 15.8 Å². The van der Waals surface area contributed by atoms with E-state index in [0.717, 1.165) is 22.3 Å². The quantitative estimate of drug-likeness (QED) is 0.491. The Morgan fingerprint density at radius 1 is 1.36 bits per heavy atom. The van der Waals surface area contributed by atoms with E-state index < -0.39 is 19.6 Å². The summed E-state index contributed by atoms with van der Waals surface area (Å²) in [5.74, 6) is -0.264. The van der Waals surface area contributed by atoms with E-state index in [-0.39, 0.29) is 13.0 Å². The van der Waals surface area contributed by atoms with Gasteiger partial charge >= 0.3 is 13.6 Å². The van der Waals surface area contributed by atoms with Crippen molar-refractivity contribution < 1.29 is 24.3 Å². The lowest BCUT2D eigenvalue weighted by molar-refractivity contribution is -0.139. The first-order valence-electron chi connectivity index (χ1n) is 6.61. The molecule has 0 fully saturated rings. The summed E-state index contributed by atoms with van der Waals surface area (Å²) in [4.78, 5) is 31.8. The Morgan fingerprint density at radius 3 is 2.77 bits per heavy atom. The maximum Gasteiger partial charge on any atom is 0.348 e. The average Bonchev–Trinajstić information content (AvgIpc) is 2.84. The van der Waals surface area contributed by atoms with Gasteiger partial charge in [-0.25, -0.2) is 0 Å². The molecule has 2 rings (SSSR count). The highest BCUT2D eigenvalue weighted by Gasteiger charge is 2.18. The Bertz CT molecular complexity index is 734. The van der Waals surface area contributed by atoms with Gasteiger partial charge in [0.1, 0.15) is 6.04 Å². The van der Waals surface area contributed by atoms with E-state index in [1.165, 1.54) is 6.08 Å². The van der Waals surface area contributed by atoms with Crippen molar-refractivity contribution in [3.8, 4) is 0 Å². The topological polar surface area (TPSA) is 123 Å². The van der Waals surface area contributed by atoms with Gasteiger partial charge < -0.3 is 25.2 Å². The molecule has 5 N–H and O–H groups in total. The third-order valence-corrected chi connectivity index (χ3v) is 3.78. The van der Waals surface area contributed by atoms with Gasteiger partial charge in [0.15, 0.2) is 0 Å². The van der Waals surface area contributed by atoms with Crippen molar-refractivity contribution >= 4 is 24.5 Å². The molecular formula is C14H17N2O5P. The predicted molar refractivity (Wildman–Crippen MR) is 82.6 cm³/mol. The number of H-pyrrole nitrogens is 1. The largest absolute Gasteiger partial charge is 0.480 e. The molecular weight excluding hydrogens is 307 g/mol. The summed E-state index contributed by atoms with van der Waals surface area (Å²) in [5.41, 5.74) is 1.80. The fraction of sp³-hybridized carbons (Fsp3) is 0.214. The second kappa shape index (κ2) is 6.89. The van der Waals surface area contributed by atoms with Crippen LogP contribution >= 0.6 is 7.60 Å². The molecule has 0 radical (unpaired) electrons. The average molecular weight is 324 g/mol. The molecule has 0 bridgehead atoms. The first-order chi connectivity index (χ1) is 10.4. The predicted octanol–water partition coefficient (Wildman–Crippen LogP) is 1.44. The number of aromatic amines is 1. The Kier molecular flexibility index (Phi) is 5.15. The van der Waals surface area contributed by atoms with Crippen molar-refractivity contribution in [1.29, 1.82) is 0 Å². The van der Waals surface area contributed by atoms with Crippen LogP contribution in [0.2, 0.25) is 0 Å². The number of aliphatic carboxylic acids is 1. The summed E-state index contributed by atoms with van der Waals surface area (Å²) < 4.78 is 10.7. The third-order valence-electron chi connectivity index (χ3n) is 3.18. The molecule has 0 spiro atoms. The van der Waals surface area contributed by atoms with Gasteiger partial charge in [0, 0.05) is 35.9 Å². The molecule has 0 saturated carbocycles. The van der Waals surface area contributed by atoms with Crippen molar-refractivity contribution in [2.75, 3.05) is 6.54 Å². The van der Waals surface area contributed by atoms with E-state index in [1.54, 1.807) is 6.20 Å². The normalized spacial score (nSPS) is 13.7. The maximum absolute atomic E-state index is 11.3. The molecule has 1 atom stereocenters. The molecule has 0 aliphatic heterocycles. The smallest absolute Gasteiger partial charge is 0.348 e. The fourth-order valence-electron chi connectivity index (χ4n) is 2.17. The van der Waals surface area contributed by atoms with Crippen LogP contribution in [0.25, 0.3) is 10.9 Å². The van der Waals surface area contributed by atoms with Crippen molar-refractivity contribution in [3.63, 3.8) is 0 Å². The highest BCUT2D eigenvalue weighted by molar-refractivity contribution is 7.55.